The van der Waals surface area contributed by atoms with Crippen LogP contribution in [0.4, 0.5) is 0 Å². The summed E-state index contributed by atoms with van der Waals surface area (Å²) in [5.74, 6) is 0.287. The van der Waals surface area contributed by atoms with Crippen LogP contribution in [0.2, 0.25) is 0 Å². The van der Waals surface area contributed by atoms with Crippen LogP contribution in [-0.2, 0) is 0 Å². The van der Waals surface area contributed by atoms with Crippen molar-refractivity contribution in [2.45, 2.75) is 25.9 Å². The fraction of sp³-hybridized carbons (Fsp3) is 0.263. The van der Waals surface area contributed by atoms with E-state index in [1.165, 1.54) is 0 Å². The van der Waals surface area contributed by atoms with Gasteiger partial charge in [-0.2, -0.15) is 0 Å². The molecule has 0 aromatic heterocycles. The lowest BCUT2D eigenvalue weighted by atomic mass is 10.00. The van der Waals surface area contributed by atoms with Crippen molar-refractivity contribution in [2.75, 3.05) is 6.61 Å². The van der Waals surface area contributed by atoms with Gasteiger partial charge < -0.3 is 15.3 Å². The van der Waals surface area contributed by atoms with Gasteiger partial charge in [-0.1, -0.05) is 54.1 Å². The van der Waals surface area contributed by atoms with Gasteiger partial charge in [-0.15, -0.1) is 0 Å². The third-order valence-electron chi connectivity index (χ3n) is 3.63. The number of allylic oxidation sites excluding steroid dienone is 1. The van der Waals surface area contributed by atoms with Gasteiger partial charge in [0.1, 0.15) is 5.75 Å². The third kappa shape index (κ3) is 4.20. The molecule has 0 spiro atoms. The van der Waals surface area contributed by atoms with Crippen LogP contribution in [0.1, 0.15) is 25.3 Å². The van der Waals surface area contributed by atoms with Crippen molar-refractivity contribution >= 4 is 16.8 Å². The van der Waals surface area contributed by atoms with E-state index in [1.807, 2.05) is 37.3 Å². The number of phenolic OH excluding ortho intramolecular Hbond substituents is 1. The molecule has 2 rings (SSSR count). The molecule has 1 atom stereocenters. The Labute approximate surface area is 130 Å². The van der Waals surface area contributed by atoms with Crippen LogP contribution in [0.15, 0.2) is 54.1 Å². The molecule has 0 aliphatic rings. The molecule has 3 heteroatoms. The standard InChI is InChI=1S/C19H22O3/c1-14(8-10-16(21)5-4-12-20)13-15-9-11-19(22)18-7-3-2-6-17(15)18/h2-7,9,11,13,16,20-22H,8,10,12H2,1H3/b5-4-,14-13+/t16-/m0/s1. The molecule has 3 nitrogen and oxygen atoms in total. The molecule has 0 bridgehead atoms. The zero-order valence-corrected chi connectivity index (χ0v) is 12.7. The predicted octanol–water partition coefficient (Wildman–Crippen LogP) is 3.64. The zero-order valence-electron chi connectivity index (χ0n) is 12.7. The highest BCUT2D eigenvalue weighted by molar-refractivity contribution is 5.94. The Hall–Kier alpha value is -2.10. The zero-order chi connectivity index (χ0) is 15.9. The molecule has 0 heterocycles. The van der Waals surface area contributed by atoms with E-state index in [0.29, 0.717) is 6.42 Å². The van der Waals surface area contributed by atoms with Gasteiger partial charge >= 0.3 is 0 Å². The molecule has 2 aromatic rings. The number of fused-ring (bicyclic) bond motifs is 1. The molecule has 0 radical (unpaired) electrons. The maximum absolute atomic E-state index is 9.91. The average molecular weight is 298 g/mol. The summed E-state index contributed by atoms with van der Waals surface area (Å²) in [7, 11) is 0. The Morgan fingerprint density at radius 2 is 1.86 bits per heavy atom. The molecule has 0 aliphatic carbocycles. The van der Waals surface area contributed by atoms with E-state index in [2.05, 4.69) is 6.08 Å². The van der Waals surface area contributed by atoms with E-state index in [9.17, 15) is 10.2 Å². The van der Waals surface area contributed by atoms with Gasteiger partial charge in [0.25, 0.3) is 0 Å². The Morgan fingerprint density at radius 1 is 1.14 bits per heavy atom. The Morgan fingerprint density at radius 3 is 2.59 bits per heavy atom. The van der Waals surface area contributed by atoms with E-state index in [1.54, 1.807) is 18.2 Å². The second-order valence-electron chi connectivity index (χ2n) is 5.43. The van der Waals surface area contributed by atoms with Gasteiger partial charge in [0, 0.05) is 5.39 Å². The summed E-state index contributed by atoms with van der Waals surface area (Å²) in [5.41, 5.74) is 2.22. The molecule has 0 saturated carbocycles. The van der Waals surface area contributed by atoms with Crippen LogP contribution < -0.4 is 0 Å². The van der Waals surface area contributed by atoms with E-state index >= 15 is 0 Å². The summed E-state index contributed by atoms with van der Waals surface area (Å²) in [6.45, 7) is 1.98. The number of aliphatic hydroxyl groups excluding tert-OH is 2. The molecule has 116 valence electrons. The maximum atomic E-state index is 9.91. The Kier molecular flexibility index (Phi) is 5.75. The molecule has 0 amide bonds. The number of aromatic hydroxyl groups is 1. The highest BCUT2D eigenvalue weighted by Crippen LogP contribution is 2.29. The van der Waals surface area contributed by atoms with Crippen LogP contribution >= 0.6 is 0 Å². The minimum absolute atomic E-state index is 0.0502. The summed E-state index contributed by atoms with van der Waals surface area (Å²) >= 11 is 0. The van der Waals surface area contributed by atoms with Crippen molar-refractivity contribution in [3.63, 3.8) is 0 Å². The van der Waals surface area contributed by atoms with Crippen molar-refractivity contribution < 1.29 is 15.3 Å². The van der Waals surface area contributed by atoms with E-state index < -0.39 is 6.10 Å². The molecule has 0 unspecified atom stereocenters. The number of benzene rings is 2. The molecule has 3 N–H and O–H groups in total. The Balaban J connectivity index is 2.15. The molecule has 0 saturated heterocycles. The summed E-state index contributed by atoms with van der Waals surface area (Å²) in [5, 5.41) is 30.2. The van der Waals surface area contributed by atoms with Crippen LogP contribution in [0.3, 0.4) is 0 Å². The summed E-state index contributed by atoms with van der Waals surface area (Å²) < 4.78 is 0. The SMILES string of the molecule is C/C(=C\c1ccc(O)c2ccccc12)CC[C@@H](O)/C=C\CO. The predicted molar refractivity (Wildman–Crippen MR) is 90.7 cm³/mol. The van der Waals surface area contributed by atoms with Crippen LogP contribution in [0.5, 0.6) is 5.75 Å². The van der Waals surface area contributed by atoms with Crippen molar-refractivity contribution in [1.82, 2.24) is 0 Å². The molecular weight excluding hydrogens is 276 g/mol. The third-order valence-corrected chi connectivity index (χ3v) is 3.63. The lowest BCUT2D eigenvalue weighted by Crippen LogP contribution is -2.02. The van der Waals surface area contributed by atoms with Gasteiger partial charge in [-0.05, 0) is 36.8 Å². The van der Waals surface area contributed by atoms with Gasteiger partial charge in [0.15, 0.2) is 0 Å². The van der Waals surface area contributed by atoms with E-state index in [-0.39, 0.29) is 12.4 Å². The lowest BCUT2D eigenvalue weighted by Gasteiger charge is -2.08. The second kappa shape index (κ2) is 7.78. The average Bonchev–Trinajstić information content (AvgIpc) is 2.54. The van der Waals surface area contributed by atoms with E-state index in [4.69, 9.17) is 5.11 Å². The monoisotopic (exact) mass is 298 g/mol. The Bertz CT molecular complexity index is 686. The topological polar surface area (TPSA) is 60.7 Å². The minimum Gasteiger partial charge on any atom is -0.507 e. The first-order chi connectivity index (χ1) is 10.6. The quantitative estimate of drug-likeness (QED) is 0.714. The van der Waals surface area contributed by atoms with Gasteiger partial charge in [-0.3, -0.25) is 0 Å². The first-order valence-electron chi connectivity index (χ1n) is 7.45. The fourth-order valence-electron chi connectivity index (χ4n) is 2.46. The van der Waals surface area contributed by atoms with Gasteiger partial charge in [0.05, 0.1) is 12.7 Å². The fourth-order valence-corrected chi connectivity index (χ4v) is 2.46. The first kappa shape index (κ1) is 16.3. The van der Waals surface area contributed by atoms with Crippen molar-refractivity contribution in [3.8, 4) is 5.75 Å². The molecular formula is C19H22O3. The molecule has 0 fully saturated rings. The summed E-state index contributed by atoms with van der Waals surface area (Å²) in [4.78, 5) is 0. The van der Waals surface area contributed by atoms with Crippen molar-refractivity contribution in [1.29, 1.82) is 0 Å². The first-order valence-corrected chi connectivity index (χ1v) is 7.45. The van der Waals surface area contributed by atoms with E-state index in [0.717, 1.165) is 28.3 Å². The number of phenols is 1. The second-order valence-corrected chi connectivity index (χ2v) is 5.43. The minimum atomic E-state index is -0.535. The number of aliphatic hydroxyl groups is 2. The number of hydrogen-bond donors (Lipinski definition) is 3. The highest BCUT2D eigenvalue weighted by atomic mass is 16.3. The highest BCUT2D eigenvalue weighted by Gasteiger charge is 2.04. The van der Waals surface area contributed by atoms with Crippen LogP contribution in [-0.4, -0.2) is 28.0 Å². The van der Waals surface area contributed by atoms with Crippen LogP contribution in [0.25, 0.3) is 16.8 Å². The normalized spacial score (nSPS) is 13.9. The van der Waals surface area contributed by atoms with Crippen molar-refractivity contribution in [3.05, 3.63) is 59.7 Å². The number of rotatable bonds is 6. The maximum Gasteiger partial charge on any atom is 0.123 e. The molecule has 22 heavy (non-hydrogen) atoms. The summed E-state index contributed by atoms with van der Waals surface area (Å²) in [6, 6.07) is 11.4. The van der Waals surface area contributed by atoms with Crippen LogP contribution in [0, 0.1) is 0 Å². The summed E-state index contributed by atoms with van der Waals surface area (Å²) in [6.07, 6.45) is 6.11. The lowest BCUT2D eigenvalue weighted by molar-refractivity contribution is 0.211. The largest absolute Gasteiger partial charge is 0.507 e. The molecule has 0 aliphatic heterocycles. The van der Waals surface area contributed by atoms with Crippen molar-refractivity contribution in [2.24, 2.45) is 0 Å². The van der Waals surface area contributed by atoms with Gasteiger partial charge in [0.2, 0.25) is 0 Å². The molecule has 2 aromatic carbocycles. The number of hydrogen-bond acceptors (Lipinski definition) is 3. The smallest absolute Gasteiger partial charge is 0.123 e. The van der Waals surface area contributed by atoms with Gasteiger partial charge in [-0.25, -0.2) is 0 Å².